The molecule has 1 rings (SSSR count). The fourth-order valence-electron chi connectivity index (χ4n) is 2.93. The fourth-order valence-corrected chi connectivity index (χ4v) is 2.93. The number of nitrogens with one attached hydrogen (secondary N) is 1. The lowest BCUT2D eigenvalue weighted by Crippen LogP contribution is -2.45. The van der Waals surface area contributed by atoms with Gasteiger partial charge in [0, 0.05) is 12.8 Å². The van der Waals surface area contributed by atoms with Crippen molar-refractivity contribution in [3.63, 3.8) is 0 Å². The highest BCUT2D eigenvalue weighted by atomic mass is 16.3. The van der Waals surface area contributed by atoms with Gasteiger partial charge in [-0.05, 0) is 55.9 Å². The molecule has 1 aliphatic carbocycles. The van der Waals surface area contributed by atoms with Gasteiger partial charge in [-0.2, -0.15) is 0 Å². The summed E-state index contributed by atoms with van der Waals surface area (Å²) in [6.45, 7) is 7.82. The number of rotatable bonds is 8. The predicted octanol–water partition coefficient (Wildman–Crippen LogP) is 4.20. The minimum absolute atomic E-state index is 0.0302. The van der Waals surface area contributed by atoms with Gasteiger partial charge < -0.3 is 10.4 Å². The number of terminal acetylenes is 1. The Bertz CT molecular complexity index is 439. The molecule has 1 fully saturated rings. The van der Waals surface area contributed by atoms with Crippen LogP contribution in [0.15, 0.2) is 11.8 Å². The summed E-state index contributed by atoms with van der Waals surface area (Å²) >= 11 is 0. The minimum atomic E-state index is -0.323. The summed E-state index contributed by atoms with van der Waals surface area (Å²) in [7, 11) is 0. The Morgan fingerprint density at radius 2 is 2.05 bits per heavy atom. The molecule has 1 amide bonds. The quantitative estimate of drug-likeness (QED) is 0.401. The van der Waals surface area contributed by atoms with Crippen LogP contribution in [0.5, 0.6) is 0 Å². The highest BCUT2D eigenvalue weighted by Crippen LogP contribution is 2.45. The standard InChI is InChI=1S/C19H31NO2/c1-6-8-9-10-14-13-15(14)11-12-17(22)20-18(16(21)7-2)19(3,4)5/h1,7,14-15,18,21H,8-13H2,2-5H3,(H,20,22)/t14-,15-,18-/m1/s1. The van der Waals surface area contributed by atoms with Crippen LogP contribution in [0.25, 0.3) is 0 Å². The van der Waals surface area contributed by atoms with Gasteiger partial charge in [0.1, 0.15) is 5.76 Å². The maximum Gasteiger partial charge on any atom is 0.220 e. The number of carbonyl (C=O) groups is 1. The Hall–Kier alpha value is -1.43. The topological polar surface area (TPSA) is 49.3 Å². The Kier molecular flexibility index (Phi) is 7.00. The second-order valence-corrected chi connectivity index (χ2v) is 7.47. The molecule has 1 saturated carbocycles. The van der Waals surface area contributed by atoms with Gasteiger partial charge in [0.25, 0.3) is 0 Å². The molecule has 0 bridgehead atoms. The number of aliphatic hydroxyl groups is 1. The van der Waals surface area contributed by atoms with E-state index < -0.39 is 0 Å². The number of hydrogen-bond acceptors (Lipinski definition) is 2. The Labute approximate surface area is 135 Å². The van der Waals surface area contributed by atoms with Crippen molar-refractivity contribution in [2.75, 3.05) is 0 Å². The summed E-state index contributed by atoms with van der Waals surface area (Å²) in [5.41, 5.74) is -0.205. The summed E-state index contributed by atoms with van der Waals surface area (Å²) in [4.78, 5) is 12.1. The zero-order valence-electron chi connectivity index (χ0n) is 14.5. The number of carbonyl (C=O) groups excluding carboxylic acids is 1. The Balaban J connectivity index is 2.33. The van der Waals surface area contributed by atoms with E-state index in [-0.39, 0.29) is 23.1 Å². The molecule has 22 heavy (non-hydrogen) atoms. The first kappa shape index (κ1) is 18.6. The maximum absolute atomic E-state index is 12.1. The van der Waals surface area contributed by atoms with Crippen molar-refractivity contribution in [3.05, 3.63) is 11.8 Å². The normalized spacial score (nSPS) is 22.8. The van der Waals surface area contributed by atoms with Crippen molar-refractivity contribution in [3.8, 4) is 12.3 Å². The van der Waals surface area contributed by atoms with Crippen LogP contribution in [0.3, 0.4) is 0 Å². The van der Waals surface area contributed by atoms with Crippen LogP contribution in [0.4, 0.5) is 0 Å². The second kappa shape index (κ2) is 8.27. The number of aliphatic hydroxyl groups excluding tert-OH is 1. The van der Waals surface area contributed by atoms with Crippen LogP contribution >= 0.6 is 0 Å². The van der Waals surface area contributed by atoms with Crippen LogP contribution in [0.1, 0.15) is 66.2 Å². The van der Waals surface area contributed by atoms with Gasteiger partial charge in [-0.25, -0.2) is 0 Å². The van der Waals surface area contributed by atoms with Crippen LogP contribution in [0, 0.1) is 29.6 Å². The first-order valence-corrected chi connectivity index (χ1v) is 8.37. The van der Waals surface area contributed by atoms with Crippen LogP contribution in [-0.4, -0.2) is 17.1 Å². The van der Waals surface area contributed by atoms with Gasteiger partial charge >= 0.3 is 0 Å². The van der Waals surface area contributed by atoms with Gasteiger partial charge in [0.05, 0.1) is 6.04 Å². The van der Waals surface area contributed by atoms with Crippen LogP contribution in [0.2, 0.25) is 0 Å². The Morgan fingerprint density at radius 3 is 2.59 bits per heavy atom. The van der Waals surface area contributed by atoms with Crippen LogP contribution < -0.4 is 5.32 Å². The van der Waals surface area contributed by atoms with E-state index in [1.54, 1.807) is 13.0 Å². The minimum Gasteiger partial charge on any atom is -0.510 e. The first-order valence-electron chi connectivity index (χ1n) is 8.37. The van der Waals surface area contributed by atoms with Gasteiger partial charge in [0.2, 0.25) is 5.91 Å². The molecule has 0 saturated heterocycles. The van der Waals surface area contributed by atoms with Crippen molar-refractivity contribution in [1.82, 2.24) is 5.32 Å². The van der Waals surface area contributed by atoms with E-state index in [0.717, 1.165) is 25.2 Å². The number of allylic oxidation sites excluding steroid dienone is 1. The smallest absolute Gasteiger partial charge is 0.220 e. The molecule has 3 atom stereocenters. The summed E-state index contributed by atoms with van der Waals surface area (Å²) < 4.78 is 0. The molecule has 0 radical (unpaired) electrons. The molecule has 0 aromatic rings. The zero-order chi connectivity index (χ0) is 16.8. The predicted molar refractivity (Wildman–Crippen MR) is 91.3 cm³/mol. The summed E-state index contributed by atoms with van der Waals surface area (Å²) in [6.07, 6.45) is 12.8. The average Bonchev–Trinajstić information content (AvgIpc) is 3.19. The van der Waals surface area contributed by atoms with E-state index in [1.165, 1.54) is 12.8 Å². The Morgan fingerprint density at radius 1 is 1.41 bits per heavy atom. The van der Waals surface area contributed by atoms with Gasteiger partial charge in [-0.3, -0.25) is 4.79 Å². The van der Waals surface area contributed by atoms with E-state index >= 15 is 0 Å². The van der Waals surface area contributed by atoms with E-state index in [2.05, 4.69) is 11.2 Å². The number of unbranched alkanes of at least 4 members (excludes halogenated alkanes) is 1. The molecule has 0 aromatic heterocycles. The van der Waals surface area contributed by atoms with E-state index in [4.69, 9.17) is 6.42 Å². The zero-order valence-corrected chi connectivity index (χ0v) is 14.5. The van der Waals surface area contributed by atoms with Crippen molar-refractivity contribution < 1.29 is 9.90 Å². The van der Waals surface area contributed by atoms with E-state index in [0.29, 0.717) is 12.3 Å². The highest BCUT2D eigenvalue weighted by Gasteiger charge is 2.36. The third kappa shape index (κ3) is 6.13. The molecule has 0 aliphatic heterocycles. The average molecular weight is 305 g/mol. The molecule has 3 nitrogen and oxygen atoms in total. The highest BCUT2D eigenvalue weighted by molar-refractivity contribution is 5.76. The van der Waals surface area contributed by atoms with Crippen LogP contribution in [-0.2, 0) is 4.79 Å². The van der Waals surface area contributed by atoms with Crippen molar-refractivity contribution >= 4 is 5.91 Å². The first-order chi connectivity index (χ1) is 10.3. The fraction of sp³-hybridized carbons (Fsp3) is 0.737. The summed E-state index contributed by atoms with van der Waals surface area (Å²) in [5.74, 6) is 4.39. The second-order valence-electron chi connectivity index (χ2n) is 7.47. The van der Waals surface area contributed by atoms with Crippen molar-refractivity contribution in [2.45, 2.75) is 72.3 Å². The third-order valence-corrected chi connectivity index (χ3v) is 4.47. The molecule has 124 valence electrons. The lowest BCUT2D eigenvalue weighted by molar-refractivity contribution is -0.122. The molecule has 3 heteroatoms. The monoisotopic (exact) mass is 305 g/mol. The van der Waals surface area contributed by atoms with Gasteiger partial charge in [-0.15, -0.1) is 12.3 Å². The molecule has 0 aromatic carbocycles. The number of amides is 1. The molecule has 0 unspecified atom stereocenters. The SMILES string of the molecule is C#CCCC[C@@H]1C[C@H]1CCC(=O)N[C@H](C(O)=CC)C(C)(C)C. The molecule has 0 heterocycles. The summed E-state index contributed by atoms with van der Waals surface area (Å²) in [5, 5.41) is 13.0. The summed E-state index contributed by atoms with van der Waals surface area (Å²) in [6, 6.07) is -0.323. The van der Waals surface area contributed by atoms with E-state index in [1.807, 2.05) is 20.8 Å². The van der Waals surface area contributed by atoms with Gasteiger partial charge in [-0.1, -0.05) is 20.8 Å². The maximum atomic E-state index is 12.1. The number of hydrogen-bond donors (Lipinski definition) is 2. The lowest BCUT2D eigenvalue weighted by atomic mass is 9.85. The lowest BCUT2D eigenvalue weighted by Gasteiger charge is -2.31. The molecular formula is C19H31NO2. The van der Waals surface area contributed by atoms with Crippen molar-refractivity contribution in [1.29, 1.82) is 0 Å². The molecule has 1 aliphatic rings. The van der Waals surface area contributed by atoms with Gasteiger partial charge in [0.15, 0.2) is 0 Å². The third-order valence-electron chi connectivity index (χ3n) is 4.47. The van der Waals surface area contributed by atoms with Crippen molar-refractivity contribution in [2.24, 2.45) is 17.3 Å². The largest absolute Gasteiger partial charge is 0.510 e. The molecule has 2 N–H and O–H groups in total. The molecule has 0 spiro atoms. The molecular weight excluding hydrogens is 274 g/mol. The van der Waals surface area contributed by atoms with E-state index in [9.17, 15) is 9.90 Å².